The number of hydrogen-bond acceptors (Lipinski definition) is 5. The lowest BCUT2D eigenvalue weighted by Gasteiger charge is -2.13. The third-order valence-electron chi connectivity index (χ3n) is 3.28. The fourth-order valence-corrected chi connectivity index (χ4v) is 3.97. The number of thioether (sulfide) groups is 1. The van der Waals surface area contributed by atoms with Crippen LogP contribution in [0.3, 0.4) is 0 Å². The Hall–Kier alpha value is -0.800. The minimum atomic E-state index is -3.92. The highest BCUT2D eigenvalue weighted by atomic mass is 35.5. The van der Waals surface area contributed by atoms with Crippen LogP contribution in [0.15, 0.2) is 58.3 Å². The monoisotopic (exact) mass is 422 g/mol. The van der Waals surface area contributed by atoms with Crippen molar-refractivity contribution in [3.8, 4) is 0 Å². The predicted octanol–water partition coefficient (Wildman–Crippen LogP) is 2.82. The van der Waals surface area contributed by atoms with Crippen molar-refractivity contribution >= 4 is 45.8 Å². The predicted molar refractivity (Wildman–Crippen MR) is 105 cm³/mol. The molecule has 0 saturated carbocycles. The van der Waals surface area contributed by atoms with Crippen LogP contribution in [0.5, 0.6) is 0 Å². The van der Waals surface area contributed by atoms with Gasteiger partial charge in [0.1, 0.15) is 4.90 Å². The Labute approximate surface area is 163 Å². The number of benzene rings is 2. The van der Waals surface area contributed by atoms with E-state index in [0.29, 0.717) is 18.7 Å². The molecule has 1 unspecified atom stereocenters. The number of hydrogen-bond donors (Lipinski definition) is 3. The number of rotatable bonds is 8. The van der Waals surface area contributed by atoms with Crippen molar-refractivity contribution in [3.05, 3.63) is 59.1 Å². The lowest BCUT2D eigenvalue weighted by Crippen LogP contribution is -2.24. The first-order chi connectivity index (χ1) is 11.4. The van der Waals surface area contributed by atoms with Crippen LogP contribution in [0.1, 0.15) is 11.7 Å². The Morgan fingerprint density at radius 3 is 2.52 bits per heavy atom. The van der Waals surface area contributed by atoms with Gasteiger partial charge in [0.25, 0.3) is 0 Å². The molecule has 0 heterocycles. The molecule has 4 N–H and O–H groups in total. The van der Waals surface area contributed by atoms with Gasteiger partial charge in [0.15, 0.2) is 0 Å². The van der Waals surface area contributed by atoms with Crippen molar-refractivity contribution in [2.24, 2.45) is 5.14 Å². The van der Waals surface area contributed by atoms with Crippen LogP contribution in [-0.4, -0.2) is 32.4 Å². The van der Waals surface area contributed by atoms with Crippen molar-refractivity contribution in [1.29, 1.82) is 0 Å². The Balaban J connectivity index is 0.00000312. The van der Waals surface area contributed by atoms with E-state index in [9.17, 15) is 13.5 Å². The number of aliphatic hydroxyl groups excluding tert-OH is 1. The minimum absolute atomic E-state index is 0. The fourth-order valence-electron chi connectivity index (χ4n) is 2.06. The highest BCUT2D eigenvalue weighted by molar-refractivity contribution is 7.99. The molecule has 2 aromatic rings. The maximum atomic E-state index is 11.5. The van der Waals surface area contributed by atoms with E-state index in [-0.39, 0.29) is 22.3 Å². The van der Waals surface area contributed by atoms with Crippen LogP contribution < -0.4 is 10.5 Å². The SMILES string of the molecule is Cl.NS(=O)(=O)c1cc(C(O)CNCCSc2ccccc2)ccc1Cl. The number of nitrogens with one attached hydrogen (secondary N) is 1. The number of primary sulfonamides is 1. The number of sulfonamides is 1. The van der Waals surface area contributed by atoms with E-state index in [0.717, 1.165) is 5.75 Å². The summed E-state index contributed by atoms with van der Waals surface area (Å²) in [5.41, 5.74) is 0.451. The van der Waals surface area contributed by atoms with E-state index < -0.39 is 16.1 Å². The Bertz CT molecular complexity index is 774. The third kappa shape index (κ3) is 7.15. The fraction of sp³-hybridized carbons (Fsp3) is 0.250. The molecule has 0 saturated heterocycles. The first-order valence-corrected chi connectivity index (χ1v) is 10.2. The molecule has 0 fully saturated rings. The molecule has 0 radical (unpaired) electrons. The molecule has 2 rings (SSSR count). The summed E-state index contributed by atoms with van der Waals surface area (Å²) in [5, 5.41) is 18.5. The smallest absolute Gasteiger partial charge is 0.239 e. The number of aliphatic hydroxyl groups is 1. The molecule has 9 heteroatoms. The number of halogens is 2. The zero-order chi connectivity index (χ0) is 17.6. The molecule has 0 bridgehead atoms. The van der Waals surface area contributed by atoms with Gasteiger partial charge in [-0.1, -0.05) is 35.9 Å². The van der Waals surface area contributed by atoms with Gasteiger partial charge in [-0.3, -0.25) is 0 Å². The van der Waals surface area contributed by atoms with E-state index in [1.165, 1.54) is 17.0 Å². The van der Waals surface area contributed by atoms with Gasteiger partial charge in [-0.2, -0.15) is 0 Å². The van der Waals surface area contributed by atoms with Crippen molar-refractivity contribution in [3.63, 3.8) is 0 Å². The standard InChI is InChI=1S/C16H19ClN2O3S2.ClH/c17-14-7-6-12(10-16(14)24(18,21)22)15(20)11-19-8-9-23-13-4-2-1-3-5-13;/h1-7,10,15,19-20H,8-9,11H2,(H2,18,21,22);1H. The maximum Gasteiger partial charge on any atom is 0.239 e. The Morgan fingerprint density at radius 1 is 1.20 bits per heavy atom. The summed E-state index contributed by atoms with van der Waals surface area (Å²) < 4.78 is 22.9. The molecule has 25 heavy (non-hydrogen) atoms. The van der Waals surface area contributed by atoms with Crippen LogP contribution in [0.2, 0.25) is 5.02 Å². The van der Waals surface area contributed by atoms with Crippen molar-refractivity contribution < 1.29 is 13.5 Å². The second-order valence-corrected chi connectivity index (χ2v) is 8.22. The second kappa shape index (κ2) is 10.4. The highest BCUT2D eigenvalue weighted by Crippen LogP contribution is 2.24. The van der Waals surface area contributed by atoms with Crippen LogP contribution in [0, 0.1) is 0 Å². The molecule has 0 amide bonds. The van der Waals surface area contributed by atoms with Crippen LogP contribution in [0.4, 0.5) is 0 Å². The summed E-state index contributed by atoms with van der Waals surface area (Å²) in [6, 6.07) is 14.4. The number of nitrogens with two attached hydrogens (primary N) is 1. The molecule has 0 spiro atoms. The molecule has 0 aliphatic heterocycles. The zero-order valence-corrected chi connectivity index (χ0v) is 16.5. The highest BCUT2D eigenvalue weighted by Gasteiger charge is 2.16. The molecule has 138 valence electrons. The molecule has 2 aromatic carbocycles. The van der Waals surface area contributed by atoms with Gasteiger partial charge >= 0.3 is 0 Å². The third-order valence-corrected chi connectivity index (χ3v) is 5.68. The topological polar surface area (TPSA) is 92.4 Å². The lowest BCUT2D eigenvalue weighted by molar-refractivity contribution is 0.175. The van der Waals surface area contributed by atoms with Crippen LogP contribution >= 0.6 is 35.8 Å². The van der Waals surface area contributed by atoms with Gasteiger partial charge in [0.2, 0.25) is 10.0 Å². The average molecular weight is 423 g/mol. The van der Waals surface area contributed by atoms with Gasteiger partial charge in [0.05, 0.1) is 11.1 Å². The Morgan fingerprint density at radius 2 is 1.88 bits per heavy atom. The summed E-state index contributed by atoms with van der Waals surface area (Å²) in [4.78, 5) is 1.01. The van der Waals surface area contributed by atoms with E-state index >= 15 is 0 Å². The maximum absolute atomic E-state index is 11.5. The van der Waals surface area contributed by atoms with Gasteiger partial charge in [-0.25, -0.2) is 13.6 Å². The molecule has 0 aromatic heterocycles. The largest absolute Gasteiger partial charge is 0.387 e. The van der Waals surface area contributed by atoms with E-state index in [1.54, 1.807) is 17.8 Å². The lowest BCUT2D eigenvalue weighted by atomic mass is 10.1. The van der Waals surface area contributed by atoms with E-state index in [1.807, 2.05) is 30.3 Å². The molecular weight excluding hydrogens is 403 g/mol. The van der Waals surface area contributed by atoms with Gasteiger partial charge in [-0.05, 0) is 29.8 Å². The van der Waals surface area contributed by atoms with Gasteiger partial charge in [0, 0.05) is 23.7 Å². The van der Waals surface area contributed by atoms with E-state index in [4.69, 9.17) is 16.7 Å². The normalized spacial score (nSPS) is 12.4. The first-order valence-electron chi connectivity index (χ1n) is 7.27. The average Bonchev–Trinajstić information content (AvgIpc) is 2.54. The molecule has 0 aliphatic rings. The van der Waals surface area contributed by atoms with Crippen LogP contribution in [-0.2, 0) is 10.0 Å². The van der Waals surface area contributed by atoms with Gasteiger partial charge in [-0.15, -0.1) is 24.2 Å². The summed E-state index contributed by atoms with van der Waals surface area (Å²) in [6.45, 7) is 1.02. The molecule has 0 aliphatic carbocycles. The van der Waals surface area contributed by atoms with Crippen molar-refractivity contribution in [1.82, 2.24) is 5.32 Å². The van der Waals surface area contributed by atoms with Gasteiger partial charge < -0.3 is 10.4 Å². The molecule has 5 nitrogen and oxygen atoms in total. The van der Waals surface area contributed by atoms with Crippen molar-refractivity contribution in [2.75, 3.05) is 18.8 Å². The Kier molecular flexibility index (Phi) is 9.23. The minimum Gasteiger partial charge on any atom is -0.387 e. The van der Waals surface area contributed by atoms with Crippen molar-refractivity contribution in [2.45, 2.75) is 15.9 Å². The molecule has 1 atom stereocenters. The summed E-state index contributed by atoms with van der Waals surface area (Å²) >= 11 is 7.55. The van der Waals surface area contributed by atoms with E-state index in [2.05, 4.69) is 5.32 Å². The summed E-state index contributed by atoms with van der Waals surface area (Å²) in [5.74, 6) is 0.861. The summed E-state index contributed by atoms with van der Waals surface area (Å²) in [7, 11) is -3.92. The van der Waals surface area contributed by atoms with Crippen LogP contribution in [0.25, 0.3) is 0 Å². The molecular formula is C16H20Cl2N2O3S2. The first kappa shape index (κ1) is 22.2. The second-order valence-electron chi connectivity index (χ2n) is 5.12. The quantitative estimate of drug-likeness (QED) is 0.449. The zero-order valence-electron chi connectivity index (χ0n) is 13.3. The summed E-state index contributed by atoms with van der Waals surface area (Å²) in [6.07, 6.45) is -0.843.